The molecule has 1 atom stereocenters. The lowest BCUT2D eigenvalue weighted by Gasteiger charge is -2.18. The summed E-state index contributed by atoms with van der Waals surface area (Å²) in [5, 5.41) is 0. The molecule has 0 aromatic carbocycles. The fourth-order valence-corrected chi connectivity index (χ4v) is 8.17. The Bertz CT molecular complexity index is 916. The number of carbonyl (C=O) groups excluding carboxylic acids is 3. The molecule has 0 heterocycles. The van der Waals surface area contributed by atoms with Gasteiger partial charge < -0.3 is 14.2 Å². The average molecular weight is 849 g/mol. The van der Waals surface area contributed by atoms with Crippen molar-refractivity contribution < 1.29 is 28.6 Å². The van der Waals surface area contributed by atoms with E-state index < -0.39 is 6.10 Å². The monoisotopic (exact) mass is 849 g/mol. The first-order valence-corrected chi connectivity index (χ1v) is 26.7. The van der Waals surface area contributed by atoms with Crippen molar-refractivity contribution in [1.29, 1.82) is 0 Å². The summed E-state index contributed by atoms with van der Waals surface area (Å²) >= 11 is 0. The summed E-state index contributed by atoms with van der Waals surface area (Å²) in [7, 11) is 0. The van der Waals surface area contributed by atoms with Crippen molar-refractivity contribution in [3.63, 3.8) is 0 Å². The van der Waals surface area contributed by atoms with Crippen LogP contribution in [-0.4, -0.2) is 37.2 Å². The van der Waals surface area contributed by atoms with E-state index >= 15 is 0 Å². The van der Waals surface area contributed by atoms with Gasteiger partial charge in [0.25, 0.3) is 0 Å². The van der Waals surface area contributed by atoms with Crippen molar-refractivity contribution in [2.24, 2.45) is 11.8 Å². The Morgan fingerprint density at radius 2 is 0.550 bits per heavy atom. The second kappa shape index (κ2) is 46.9. The quantitative estimate of drug-likeness (QED) is 0.0345. The van der Waals surface area contributed by atoms with Gasteiger partial charge in [0.15, 0.2) is 6.10 Å². The molecule has 6 heteroatoms. The predicted octanol–water partition coefficient (Wildman–Crippen LogP) is 17.3. The maximum Gasteiger partial charge on any atom is 0.306 e. The summed E-state index contributed by atoms with van der Waals surface area (Å²) in [5.41, 5.74) is 0. The van der Waals surface area contributed by atoms with Crippen molar-refractivity contribution in [2.75, 3.05) is 13.2 Å². The fraction of sp³-hybridized carbons (Fsp3) is 0.944. The molecule has 0 bridgehead atoms. The molecule has 0 radical (unpaired) electrons. The minimum atomic E-state index is -0.762. The lowest BCUT2D eigenvalue weighted by molar-refractivity contribution is -0.167. The van der Waals surface area contributed by atoms with Gasteiger partial charge in [0, 0.05) is 19.3 Å². The lowest BCUT2D eigenvalue weighted by atomic mass is 10.0. The Morgan fingerprint density at radius 1 is 0.317 bits per heavy atom. The van der Waals surface area contributed by atoms with E-state index in [1.54, 1.807) is 0 Å². The van der Waals surface area contributed by atoms with E-state index in [-0.39, 0.29) is 31.1 Å². The number of ether oxygens (including phenoxy) is 3. The van der Waals surface area contributed by atoms with Crippen LogP contribution in [0.3, 0.4) is 0 Å². The van der Waals surface area contributed by atoms with E-state index in [0.29, 0.717) is 19.3 Å². The predicted molar refractivity (Wildman–Crippen MR) is 256 cm³/mol. The van der Waals surface area contributed by atoms with Crippen LogP contribution < -0.4 is 0 Å². The van der Waals surface area contributed by atoms with Gasteiger partial charge in [-0.1, -0.05) is 259 Å². The summed E-state index contributed by atoms with van der Waals surface area (Å²) in [6, 6.07) is 0. The maximum absolute atomic E-state index is 12.7. The van der Waals surface area contributed by atoms with Crippen LogP contribution in [-0.2, 0) is 28.6 Å². The van der Waals surface area contributed by atoms with Gasteiger partial charge in [-0.2, -0.15) is 0 Å². The highest BCUT2D eigenvalue weighted by molar-refractivity contribution is 5.71. The van der Waals surface area contributed by atoms with Crippen molar-refractivity contribution in [1.82, 2.24) is 0 Å². The van der Waals surface area contributed by atoms with Gasteiger partial charge in [0.2, 0.25) is 0 Å². The van der Waals surface area contributed by atoms with Crippen LogP contribution >= 0.6 is 0 Å². The highest BCUT2D eigenvalue weighted by Crippen LogP contribution is 2.17. The molecule has 60 heavy (non-hydrogen) atoms. The van der Waals surface area contributed by atoms with Gasteiger partial charge in [-0.25, -0.2) is 0 Å². The molecule has 0 fully saturated rings. The van der Waals surface area contributed by atoms with E-state index in [4.69, 9.17) is 14.2 Å². The Hall–Kier alpha value is -1.59. The number of rotatable bonds is 48. The largest absolute Gasteiger partial charge is 0.462 e. The SMILES string of the molecule is CCCCCCCCCCCCCCCCCCCCC(=O)OC[C@@H](COC(=O)CCCCCCCCCCCCCCC(C)C)OC(=O)CCCCCCCCC(C)C. The minimum Gasteiger partial charge on any atom is -0.462 e. The fourth-order valence-electron chi connectivity index (χ4n) is 8.17. The summed E-state index contributed by atoms with van der Waals surface area (Å²) in [6.45, 7) is 11.3. The third kappa shape index (κ3) is 47.5. The summed E-state index contributed by atoms with van der Waals surface area (Å²) in [6.07, 6.45) is 48.2. The van der Waals surface area contributed by atoms with Crippen molar-refractivity contribution in [3.8, 4) is 0 Å². The number of carbonyl (C=O) groups is 3. The first-order chi connectivity index (χ1) is 29.2. The van der Waals surface area contributed by atoms with Crippen molar-refractivity contribution in [2.45, 2.75) is 304 Å². The third-order valence-corrected chi connectivity index (χ3v) is 12.2. The highest BCUT2D eigenvalue weighted by Gasteiger charge is 2.19. The van der Waals surface area contributed by atoms with Gasteiger partial charge in [-0.15, -0.1) is 0 Å². The van der Waals surface area contributed by atoms with E-state index in [0.717, 1.165) is 69.6 Å². The van der Waals surface area contributed by atoms with Gasteiger partial charge in [0.05, 0.1) is 0 Å². The zero-order valence-corrected chi connectivity index (χ0v) is 41.1. The molecular weight excluding hydrogens is 745 g/mol. The van der Waals surface area contributed by atoms with Crippen LogP contribution in [0.4, 0.5) is 0 Å². The first-order valence-electron chi connectivity index (χ1n) is 26.7. The van der Waals surface area contributed by atoms with Crippen LogP contribution in [0.25, 0.3) is 0 Å². The standard InChI is InChI=1S/C54H104O6/c1-6-7-8-9-10-11-12-13-14-15-16-17-18-22-25-28-34-39-44-52(55)58-47-51(60-54(57)46-41-36-31-30-33-38-43-50(4)5)48-59-53(56)45-40-35-29-26-23-20-19-21-24-27-32-37-42-49(2)3/h49-51H,6-48H2,1-5H3/t51-/m0/s1. The molecule has 0 amide bonds. The molecule has 0 spiro atoms. The lowest BCUT2D eigenvalue weighted by Crippen LogP contribution is -2.30. The van der Waals surface area contributed by atoms with Crippen LogP contribution in [0.15, 0.2) is 0 Å². The van der Waals surface area contributed by atoms with E-state index in [9.17, 15) is 14.4 Å². The van der Waals surface area contributed by atoms with Gasteiger partial charge in [0.1, 0.15) is 13.2 Å². The molecule has 0 saturated carbocycles. The number of hydrogen-bond acceptors (Lipinski definition) is 6. The Morgan fingerprint density at radius 3 is 0.817 bits per heavy atom. The zero-order valence-electron chi connectivity index (χ0n) is 41.1. The minimum absolute atomic E-state index is 0.0646. The second-order valence-corrected chi connectivity index (χ2v) is 19.5. The molecular formula is C54H104O6. The average Bonchev–Trinajstić information content (AvgIpc) is 3.22. The zero-order chi connectivity index (χ0) is 44.0. The molecule has 0 aliphatic heterocycles. The molecule has 0 saturated heterocycles. The Balaban J connectivity index is 4.21. The smallest absolute Gasteiger partial charge is 0.306 e. The van der Waals surface area contributed by atoms with E-state index in [2.05, 4.69) is 34.6 Å². The molecule has 356 valence electrons. The topological polar surface area (TPSA) is 78.9 Å². The van der Waals surface area contributed by atoms with Gasteiger partial charge in [-0.05, 0) is 31.1 Å². The van der Waals surface area contributed by atoms with E-state index in [1.807, 2.05) is 0 Å². The highest BCUT2D eigenvalue weighted by atomic mass is 16.6. The van der Waals surface area contributed by atoms with Crippen LogP contribution in [0.5, 0.6) is 0 Å². The Labute approximate surface area is 374 Å². The first kappa shape index (κ1) is 58.4. The maximum atomic E-state index is 12.7. The Kier molecular flexibility index (Phi) is 45.7. The molecule has 0 aliphatic rings. The molecule has 0 aromatic rings. The molecule has 6 nitrogen and oxygen atoms in total. The van der Waals surface area contributed by atoms with Crippen LogP contribution in [0.2, 0.25) is 0 Å². The molecule has 0 unspecified atom stereocenters. The molecule has 0 N–H and O–H groups in total. The van der Waals surface area contributed by atoms with Crippen molar-refractivity contribution in [3.05, 3.63) is 0 Å². The number of unbranched alkanes of at least 4 members (excludes halogenated alkanes) is 33. The number of esters is 3. The summed E-state index contributed by atoms with van der Waals surface area (Å²) in [4.78, 5) is 37.9. The van der Waals surface area contributed by atoms with Crippen LogP contribution in [0, 0.1) is 11.8 Å². The third-order valence-electron chi connectivity index (χ3n) is 12.2. The molecule has 0 aromatic heterocycles. The summed E-state index contributed by atoms with van der Waals surface area (Å²) < 4.78 is 16.8. The molecule has 0 aliphatic carbocycles. The van der Waals surface area contributed by atoms with Crippen LogP contribution in [0.1, 0.15) is 298 Å². The molecule has 0 rings (SSSR count). The van der Waals surface area contributed by atoms with Gasteiger partial charge >= 0.3 is 17.9 Å². The second-order valence-electron chi connectivity index (χ2n) is 19.5. The summed E-state index contributed by atoms with van der Waals surface area (Å²) in [5.74, 6) is 0.741. The normalized spacial score (nSPS) is 12.1. The van der Waals surface area contributed by atoms with Crippen molar-refractivity contribution >= 4 is 17.9 Å². The van der Waals surface area contributed by atoms with Gasteiger partial charge in [-0.3, -0.25) is 14.4 Å². The van der Waals surface area contributed by atoms with E-state index in [1.165, 1.54) is 186 Å². The number of hydrogen-bond donors (Lipinski definition) is 0.